The quantitative estimate of drug-likeness (QED) is 0.632. The van der Waals surface area contributed by atoms with Crippen molar-refractivity contribution in [3.8, 4) is 0 Å². The molecule has 96 valence electrons. The molecule has 4 N–H and O–H groups in total. The van der Waals surface area contributed by atoms with Gasteiger partial charge in [0, 0.05) is 16.5 Å². The Balaban J connectivity index is 2.12. The maximum absolute atomic E-state index is 10.7. The van der Waals surface area contributed by atoms with Crippen LogP contribution in [0.15, 0.2) is 18.2 Å². The number of fused-ring (bicyclic) bond motifs is 1. The van der Waals surface area contributed by atoms with Crippen molar-refractivity contribution in [3.63, 3.8) is 0 Å². The van der Waals surface area contributed by atoms with E-state index in [0.29, 0.717) is 12.4 Å². The third kappa shape index (κ3) is 2.92. The third-order valence-electron chi connectivity index (χ3n) is 2.79. The number of halogens is 1. The van der Waals surface area contributed by atoms with Gasteiger partial charge >= 0.3 is 0 Å². The average Bonchev–Trinajstić information content (AvgIpc) is 2.59. The van der Waals surface area contributed by atoms with Gasteiger partial charge in [0.25, 0.3) is 0 Å². The lowest BCUT2D eigenvalue weighted by atomic mass is 10.2. The number of nitrogens with zero attached hydrogens (tertiary/aromatic N) is 2. The van der Waals surface area contributed by atoms with Gasteiger partial charge in [0.2, 0.25) is 11.9 Å². The molecule has 1 aromatic heterocycles. The predicted octanol–water partition coefficient (Wildman–Crippen LogP) is 1.88. The van der Waals surface area contributed by atoms with Crippen molar-refractivity contribution in [2.45, 2.75) is 25.8 Å². The number of anilines is 1. The summed E-state index contributed by atoms with van der Waals surface area (Å²) in [5, 5.41) is 0. The maximum Gasteiger partial charge on any atom is 0.217 e. The molecule has 1 heterocycles. The van der Waals surface area contributed by atoms with E-state index in [1.54, 1.807) is 0 Å². The van der Waals surface area contributed by atoms with E-state index in [1.165, 1.54) is 0 Å². The van der Waals surface area contributed by atoms with Crippen LogP contribution in [0.1, 0.15) is 19.3 Å². The van der Waals surface area contributed by atoms with Crippen molar-refractivity contribution in [2.24, 2.45) is 5.73 Å². The van der Waals surface area contributed by atoms with Crippen LogP contribution in [-0.4, -0.2) is 15.5 Å². The zero-order chi connectivity index (χ0) is 13.1. The minimum atomic E-state index is -0.256. The third-order valence-corrected chi connectivity index (χ3v) is 3.47. The van der Waals surface area contributed by atoms with Crippen molar-refractivity contribution in [3.05, 3.63) is 21.8 Å². The second-order valence-corrected chi connectivity index (χ2v) is 5.42. The number of carbonyl (C=O) groups is 1. The molecule has 0 aliphatic heterocycles. The second kappa shape index (κ2) is 5.55. The Labute approximate surface area is 119 Å². The molecule has 5 nitrogen and oxygen atoms in total. The van der Waals surface area contributed by atoms with Gasteiger partial charge in [-0.2, -0.15) is 0 Å². The first-order chi connectivity index (χ1) is 8.58. The summed E-state index contributed by atoms with van der Waals surface area (Å²) >= 11 is 2.25. The van der Waals surface area contributed by atoms with Crippen LogP contribution in [0.4, 0.5) is 5.95 Å². The number of carbonyl (C=O) groups excluding carboxylic acids is 1. The van der Waals surface area contributed by atoms with Crippen LogP contribution < -0.4 is 11.5 Å². The molecular formula is C12H15IN4O. The number of hydrogen-bond donors (Lipinski definition) is 2. The number of rotatable bonds is 5. The number of nitrogens with two attached hydrogens (primary N) is 2. The lowest BCUT2D eigenvalue weighted by molar-refractivity contribution is -0.118. The summed E-state index contributed by atoms with van der Waals surface area (Å²) in [4.78, 5) is 15.0. The normalized spacial score (nSPS) is 10.9. The van der Waals surface area contributed by atoms with Crippen molar-refractivity contribution in [1.82, 2.24) is 9.55 Å². The summed E-state index contributed by atoms with van der Waals surface area (Å²) in [6, 6.07) is 6.06. The molecule has 1 aromatic carbocycles. The van der Waals surface area contributed by atoms with Crippen LogP contribution in [0.3, 0.4) is 0 Å². The Morgan fingerprint density at radius 2 is 2.17 bits per heavy atom. The Bertz CT molecular complexity index is 579. The molecule has 0 saturated heterocycles. The number of aryl methyl sites for hydroxylation is 1. The van der Waals surface area contributed by atoms with Crippen molar-refractivity contribution in [1.29, 1.82) is 0 Å². The largest absolute Gasteiger partial charge is 0.370 e. The molecule has 0 aliphatic carbocycles. The number of primary amides is 1. The highest BCUT2D eigenvalue weighted by Crippen LogP contribution is 2.20. The SMILES string of the molecule is NC(=O)CCCCn1c(N)nc2cc(I)ccc21. The van der Waals surface area contributed by atoms with E-state index in [2.05, 4.69) is 27.6 Å². The van der Waals surface area contributed by atoms with Crippen LogP contribution in [0.5, 0.6) is 0 Å². The molecule has 0 bridgehead atoms. The molecule has 0 spiro atoms. The first-order valence-electron chi connectivity index (χ1n) is 5.77. The Kier molecular flexibility index (Phi) is 4.05. The zero-order valence-corrected chi connectivity index (χ0v) is 12.1. The maximum atomic E-state index is 10.7. The molecule has 0 aliphatic rings. The fourth-order valence-electron chi connectivity index (χ4n) is 1.93. The van der Waals surface area contributed by atoms with E-state index in [0.717, 1.165) is 34.0 Å². The van der Waals surface area contributed by atoms with E-state index < -0.39 is 0 Å². The molecule has 2 aromatic rings. The molecular weight excluding hydrogens is 343 g/mol. The molecule has 6 heteroatoms. The van der Waals surface area contributed by atoms with Gasteiger partial charge in [-0.25, -0.2) is 4.98 Å². The lowest BCUT2D eigenvalue weighted by Gasteiger charge is -2.05. The zero-order valence-electron chi connectivity index (χ0n) is 9.90. The number of unbranched alkanes of at least 4 members (excludes halogenated alkanes) is 1. The molecule has 0 atom stereocenters. The summed E-state index contributed by atoms with van der Waals surface area (Å²) < 4.78 is 3.12. The smallest absolute Gasteiger partial charge is 0.217 e. The number of nitrogen functional groups attached to an aromatic ring is 1. The van der Waals surface area contributed by atoms with Crippen LogP contribution in [0.25, 0.3) is 11.0 Å². The molecule has 1 amide bonds. The Morgan fingerprint density at radius 3 is 2.89 bits per heavy atom. The van der Waals surface area contributed by atoms with E-state index in [4.69, 9.17) is 11.5 Å². The molecule has 18 heavy (non-hydrogen) atoms. The predicted molar refractivity (Wildman–Crippen MR) is 79.9 cm³/mol. The van der Waals surface area contributed by atoms with Gasteiger partial charge in [-0.3, -0.25) is 4.79 Å². The van der Waals surface area contributed by atoms with Crippen LogP contribution in [0, 0.1) is 3.57 Å². The van der Waals surface area contributed by atoms with Crippen LogP contribution >= 0.6 is 22.6 Å². The highest BCUT2D eigenvalue weighted by molar-refractivity contribution is 14.1. The monoisotopic (exact) mass is 358 g/mol. The topological polar surface area (TPSA) is 86.9 Å². The summed E-state index contributed by atoms with van der Waals surface area (Å²) in [5.41, 5.74) is 13.0. The minimum absolute atomic E-state index is 0.256. The first kappa shape index (κ1) is 13.1. The van der Waals surface area contributed by atoms with Gasteiger partial charge in [0.05, 0.1) is 11.0 Å². The lowest BCUT2D eigenvalue weighted by Crippen LogP contribution is -2.10. The van der Waals surface area contributed by atoms with Crippen LogP contribution in [0.2, 0.25) is 0 Å². The van der Waals surface area contributed by atoms with E-state index >= 15 is 0 Å². The summed E-state index contributed by atoms with van der Waals surface area (Å²) in [6.45, 7) is 0.760. The Morgan fingerprint density at radius 1 is 1.39 bits per heavy atom. The number of imidazole rings is 1. The summed E-state index contributed by atoms with van der Waals surface area (Å²) in [6.07, 6.45) is 2.06. The molecule has 0 unspecified atom stereocenters. The standard InChI is InChI=1S/C12H15IN4O/c13-8-4-5-10-9(7-8)16-12(15)17(10)6-2-1-3-11(14)18/h4-5,7H,1-3,6H2,(H2,14,18)(H2,15,16). The molecule has 0 saturated carbocycles. The minimum Gasteiger partial charge on any atom is -0.370 e. The van der Waals surface area contributed by atoms with Crippen molar-refractivity contribution < 1.29 is 4.79 Å². The van der Waals surface area contributed by atoms with E-state index in [9.17, 15) is 4.79 Å². The van der Waals surface area contributed by atoms with Gasteiger partial charge in [0.15, 0.2) is 0 Å². The van der Waals surface area contributed by atoms with Crippen LogP contribution in [-0.2, 0) is 11.3 Å². The summed E-state index contributed by atoms with van der Waals surface area (Å²) in [7, 11) is 0. The molecule has 0 fully saturated rings. The van der Waals surface area contributed by atoms with Crippen molar-refractivity contribution in [2.75, 3.05) is 5.73 Å². The second-order valence-electron chi connectivity index (χ2n) is 4.18. The number of hydrogen-bond acceptors (Lipinski definition) is 3. The highest BCUT2D eigenvalue weighted by Gasteiger charge is 2.08. The summed E-state index contributed by atoms with van der Waals surface area (Å²) in [5.74, 6) is 0.263. The van der Waals surface area contributed by atoms with Crippen molar-refractivity contribution >= 4 is 45.5 Å². The van der Waals surface area contributed by atoms with E-state index in [-0.39, 0.29) is 5.91 Å². The molecule has 2 rings (SSSR count). The fourth-order valence-corrected chi connectivity index (χ4v) is 2.40. The van der Waals surface area contributed by atoms with Gasteiger partial charge < -0.3 is 16.0 Å². The van der Waals surface area contributed by atoms with Gasteiger partial charge in [0.1, 0.15) is 0 Å². The van der Waals surface area contributed by atoms with Gasteiger partial charge in [-0.05, 0) is 53.6 Å². The van der Waals surface area contributed by atoms with Gasteiger partial charge in [-0.1, -0.05) is 0 Å². The fraction of sp³-hybridized carbons (Fsp3) is 0.333. The number of aromatic nitrogens is 2. The van der Waals surface area contributed by atoms with E-state index in [1.807, 2.05) is 22.8 Å². The number of amides is 1. The van der Waals surface area contributed by atoms with Gasteiger partial charge in [-0.15, -0.1) is 0 Å². The Hall–Kier alpha value is -1.31. The first-order valence-corrected chi connectivity index (χ1v) is 6.85. The average molecular weight is 358 g/mol. The number of benzene rings is 1. The highest BCUT2D eigenvalue weighted by atomic mass is 127. The molecule has 0 radical (unpaired) electrons.